The topological polar surface area (TPSA) is 149 Å². The average molecular weight is 698 g/mol. The Morgan fingerprint density at radius 2 is 1.76 bits per heavy atom. The number of anilines is 1. The second-order valence-electron chi connectivity index (χ2n) is 15.1. The summed E-state index contributed by atoms with van der Waals surface area (Å²) in [4.78, 5) is 58.9. The summed E-state index contributed by atoms with van der Waals surface area (Å²) >= 11 is 0. The molecule has 3 atom stereocenters. The van der Waals surface area contributed by atoms with Gasteiger partial charge < -0.3 is 14.5 Å². The lowest BCUT2D eigenvalue weighted by atomic mass is 10.0. The third-order valence-electron chi connectivity index (χ3n) is 10.2. The number of nitrogens with zero attached hydrogens (tertiary/aromatic N) is 8. The predicted molar refractivity (Wildman–Crippen MR) is 190 cm³/mol. The normalized spacial score (nSPS) is 20.4. The molecule has 51 heavy (non-hydrogen) atoms. The van der Waals surface area contributed by atoms with Gasteiger partial charge in [-0.05, 0) is 89.1 Å². The third-order valence-corrected chi connectivity index (χ3v) is 10.2. The third kappa shape index (κ3) is 7.40. The zero-order valence-corrected chi connectivity index (χ0v) is 29.9. The van der Waals surface area contributed by atoms with Crippen molar-refractivity contribution in [2.45, 2.75) is 109 Å². The van der Waals surface area contributed by atoms with E-state index in [9.17, 15) is 19.2 Å². The molecule has 3 saturated heterocycles. The summed E-state index contributed by atoms with van der Waals surface area (Å²) in [6.45, 7) is 7.64. The number of piperazine rings is 1. The number of fused-ring (bicyclic) bond motifs is 3. The molecular weight excluding hydrogens is 650 g/mol. The van der Waals surface area contributed by atoms with Crippen LogP contribution in [0.2, 0.25) is 0 Å². The van der Waals surface area contributed by atoms with E-state index in [4.69, 9.17) is 9.72 Å². The molecule has 4 aromatic rings. The SMILES string of the molecule is Cn1c(=O)n([C@@H]2CCC(=O)NC2=O)c2ccc(CCCCCCc3cn(Cc4cccc(N5C[C@H]6C[C@@H]5CN6C(=O)OC(C)(C)C)n4)nn3)cc21. The van der Waals surface area contributed by atoms with Crippen LogP contribution in [0.5, 0.6) is 0 Å². The van der Waals surface area contributed by atoms with E-state index in [1.807, 2.05) is 72.9 Å². The molecule has 1 N–H and O–H groups in total. The molecule has 0 saturated carbocycles. The van der Waals surface area contributed by atoms with Gasteiger partial charge in [-0.3, -0.25) is 24.0 Å². The van der Waals surface area contributed by atoms with Crippen LogP contribution in [0, 0.1) is 0 Å². The summed E-state index contributed by atoms with van der Waals surface area (Å²) in [5, 5.41) is 11.1. The summed E-state index contributed by atoms with van der Waals surface area (Å²) in [5.74, 6) is 0.212. The number of hydrogen-bond acceptors (Lipinski definition) is 9. The van der Waals surface area contributed by atoms with Crippen molar-refractivity contribution >= 4 is 34.8 Å². The van der Waals surface area contributed by atoms with Gasteiger partial charge in [-0.25, -0.2) is 19.3 Å². The van der Waals surface area contributed by atoms with Crippen LogP contribution in [0.3, 0.4) is 0 Å². The van der Waals surface area contributed by atoms with E-state index in [2.05, 4.69) is 20.5 Å². The number of benzene rings is 1. The van der Waals surface area contributed by atoms with Crippen molar-refractivity contribution in [3.63, 3.8) is 0 Å². The van der Waals surface area contributed by atoms with E-state index in [0.717, 1.165) is 79.8 Å². The number of imidazole rings is 1. The van der Waals surface area contributed by atoms with E-state index in [0.29, 0.717) is 25.0 Å². The summed E-state index contributed by atoms with van der Waals surface area (Å²) < 4.78 is 10.6. The first-order valence-corrected chi connectivity index (χ1v) is 18.1. The van der Waals surface area contributed by atoms with Crippen LogP contribution in [-0.2, 0) is 40.8 Å². The summed E-state index contributed by atoms with van der Waals surface area (Å²) in [6, 6.07) is 11.8. The van der Waals surface area contributed by atoms with Gasteiger partial charge >= 0.3 is 11.8 Å². The molecule has 3 aliphatic heterocycles. The number of carbonyl (C=O) groups excluding carboxylic acids is 3. The first-order valence-electron chi connectivity index (χ1n) is 18.1. The second-order valence-corrected chi connectivity index (χ2v) is 15.1. The summed E-state index contributed by atoms with van der Waals surface area (Å²) in [5.41, 5.74) is 3.79. The highest BCUT2D eigenvalue weighted by Crippen LogP contribution is 2.35. The maximum Gasteiger partial charge on any atom is 0.410 e. The minimum atomic E-state index is -0.675. The Kier molecular flexibility index (Phi) is 9.42. The molecule has 3 aromatic heterocycles. The number of hydrogen-bond donors (Lipinski definition) is 1. The summed E-state index contributed by atoms with van der Waals surface area (Å²) in [7, 11) is 1.72. The second kappa shape index (κ2) is 14.0. The molecule has 3 amide bonds. The lowest BCUT2D eigenvalue weighted by Crippen LogP contribution is -2.50. The first kappa shape index (κ1) is 34.4. The van der Waals surface area contributed by atoms with Gasteiger partial charge in [0.1, 0.15) is 17.5 Å². The molecule has 1 aromatic carbocycles. The average Bonchev–Trinajstić information content (AvgIpc) is 3.87. The Bertz CT molecular complexity index is 2010. The van der Waals surface area contributed by atoms with Crippen molar-refractivity contribution in [3.8, 4) is 0 Å². The maximum atomic E-state index is 13.0. The molecule has 0 spiro atoms. The van der Waals surface area contributed by atoms with Gasteiger partial charge in [-0.2, -0.15) is 0 Å². The summed E-state index contributed by atoms with van der Waals surface area (Å²) in [6.07, 6.45) is 9.21. The van der Waals surface area contributed by atoms with Crippen LogP contribution >= 0.6 is 0 Å². The number of piperidine rings is 1. The highest BCUT2D eigenvalue weighted by molar-refractivity contribution is 6.00. The molecular formula is C37H47N9O5. The fourth-order valence-electron chi connectivity index (χ4n) is 7.69. The Labute approximate surface area is 296 Å². The molecule has 3 aliphatic rings. The van der Waals surface area contributed by atoms with Crippen molar-refractivity contribution in [2.24, 2.45) is 7.05 Å². The number of ether oxygens (including phenoxy) is 1. The lowest BCUT2D eigenvalue weighted by Gasteiger charge is -2.35. The number of likely N-dealkylation sites (tertiary alicyclic amines) is 1. The van der Waals surface area contributed by atoms with Gasteiger partial charge in [-0.15, -0.1) is 5.10 Å². The minimum absolute atomic E-state index is 0.140. The van der Waals surface area contributed by atoms with Gasteiger partial charge in [0.25, 0.3) is 0 Å². The molecule has 7 rings (SSSR count). The quantitative estimate of drug-likeness (QED) is 0.182. The number of aromatic nitrogens is 6. The van der Waals surface area contributed by atoms with Crippen molar-refractivity contribution < 1.29 is 19.1 Å². The standard InChI is InChI=1S/C37H47N9O5/c1-37(2,3)51-36(50)45-23-27-19-28(45)22-44(27)32-13-9-12-25(38-32)20-43-21-26(40-41-43)11-8-6-5-7-10-24-14-15-29-31(18-24)42(4)35(49)46(29)30-16-17-33(47)39-34(30)48/h9,12-15,18,21,27-28,30H,5-8,10-11,16-17,19-20,22-23H2,1-4H3,(H,39,47,48)/t27-,28-,30-/m1/s1. The van der Waals surface area contributed by atoms with Gasteiger partial charge in [0.15, 0.2) is 0 Å². The number of unbranched alkanes of at least 4 members (excludes halogenated alkanes) is 3. The monoisotopic (exact) mass is 697 g/mol. The molecule has 0 unspecified atom stereocenters. The Hall–Kier alpha value is -5.01. The fourth-order valence-corrected chi connectivity index (χ4v) is 7.69. The molecule has 0 radical (unpaired) electrons. The fraction of sp³-hybridized carbons (Fsp3) is 0.541. The molecule has 2 bridgehead atoms. The van der Waals surface area contributed by atoms with Crippen LogP contribution in [0.15, 0.2) is 47.4 Å². The molecule has 3 fully saturated rings. The number of rotatable bonds is 11. The molecule has 0 aliphatic carbocycles. The van der Waals surface area contributed by atoms with Crippen LogP contribution in [0.25, 0.3) is 11.0 Å². The molecule has 6 heterocycles. The van der Waals surface area contributed by atoms with Gasteiger partial charge in [0, 0.05) is 32.8 Å². The maximum absolute atomic E-state index is 13.0. The Balaban J connectivity index is 0.856. The number of aryl methyl sites for hydroxylation is 3. The molecule has 270 valence electrons. The first-order chi connectivity index (χ1) is 24.4. The highest BCUT2D eigenvalue weighted by Gasteiger charge is 2.47. The number of pyridine rings is 1. The largest absolute Gasteiger partial charge is 0.444 e. The van der Waals surface area contributed by atoms with E-state index in [1.165, 1.54) is 4.57 Å². The Morgan fingerprint density at radius 3 is 2.51 bits per heavy atom. The van der Waals surface area contributed by atoms with Crippen LogP contribution in [0.4, 0.5) is 10.6 Å². The zero-order valence-electron chi connectivity index (χ0n) is 29.9. The van der Waals surface area contributed by atoms with Crippen molar-refractivity contribution in [3.05, 3.63) is 70.0 Å². The van der Waals surface area contributed by atoms with Crippen molar-refractivity contribution in [1.82, 2.24) is 39.3 Å². The van der Waals surface area contributed by atoms with Crippen molar-refractivity contribution in [2.75, 3.05) is 18.0 Å². The minimum Gasteiger partial charge on any atom is -0.444 e. The van der Waals surface area contributed by atoms with E-state index in [1.54, 1.807) is 11.6 Å². The van der Waals surface area contributed by atoms with E-state index < -0.39 is 17.6 Å². The molecule has 14 heteroatoms. The van der Waals surface area contributed by atoms with E-state index >= 15 is 0 Å². The Morgan fingerprint density at radius 1 is 0.961 bits per heavy atom. The zero-order chi connectivity index (χ0) is 35.9. The van der Waals surface area contributed by atoms with Gasteiger partial charge in [0.2, 0.25) is 11.8 Å². The number of carbonyl (C=O) groups is 3. The van der Waals surface area contributed by atoms with Gasteiger partial charge in [-0.1, -0.05) is 30.2 Å². The smallest absolute Gasteiger partial charge is 0.410 e. The van der Waals surface area contributed by atoms with Crippen molar-refractivity contribution in [1.29, 1.82) is 0 Å². The van der Waals surface area contributed by atoms with Crippen LogP contribution in [0.1, 0.15) is 88.7 Å². The lowest BCUT2D eigenvalue weighted by molar-refractivity contribution is -0.135. The van der Waals surface area contributed by atoms with E-state index in [-0.39, 0.29) is 36.2 Å². The predicted octanol–water partition coefficient (Wildman–Crippen LogP) is 3.90. The van der Waals surface area contributed by atoms with Gasteiger partial charge in [0.05, 0.1) is 41.0 Å². The molecule has 14 nitrogen and oxygen atoms in total. The van der Waals surface area contributed by atoms with Crippen LogP contribution < -0.4 is 15.9 Å². The number of amides is 3. The number of nitrogens with one attached hydrogen (secondary N) is 1. The number of imide groups is 1. The van der Waals surface area contributed by atoms with Crippen LogP contribution in [-0.4, -0.2) is 82.7 Å². The highest BCUT2D eigenvalue weighted by atomic mass is 16.6.